The van der Waals surface area contributed by atoms with Gasteiger partial charge in [0.05, 0.1) is 5.56 Å². The molecule has 2 heterocycles. The Hall–Kier alpha value is -2.10. The fourth-order valence-corrected chi connectivity index (χ4v) is 2.51. The summed E-state index contributed by atoms with van der Waals surface area (Å²) in [6, 6.07) is 3.95. The van der Waals surface area contributed by atoms with Crippen molar-refractivity contribution < 1.29 is 26.3 Å². The summed E-state index contributed by atoms with van der Waals surface area (Å²) in [5.74, 6) is 0. The molecule has 0 amide bonds. The van der Waals surface area contributed by atoms with Crippen LogP contribution < -0.4 is 0 Å². The third-order valence-corrected chi connectivity index (χ3v) is 3.57. The largest absolute Gasteiger partial charge is 0.434 e. The lowest BCUT2D eigenvalue weighted by Crippen LogP contribution is -2.04. The molecule has 0 atom stereocenters. The minimum absolute atomic E-state index is 0.0357. The summed E-state index contributed by atoms with van der Waals surface area (Å²) >= 11 is 3.07. The molecule has 3 aromatic rings. The lowest BCUT2D eigenvalue weighted by atomic mass is 10.1. The van der Waals surface area contributed by atoms with E-state index >= 15 is 0 Å². The van der Waals surface area contributed by atoms with E-state index in [4.69, 9.17) is 0 Å². The van der Waals surface area contributed by atoms with E-state index in [0.717, 1.165) is 34.9 Å². The van der Waals surface area contributed by atoms with Gasteiger partial charge in [-0.2, -0.15) is 26.3 Å². The predicted octanol–water partition coefficient (Wildman–Crippen LogP) is 5.20. The first-order valence-corrected chi connectivity index (χ1v) is 7.15. The van der Waals surface area contributed by atoms with Gasteiger partial charge in [-0.05, 0) is 28.1 Å². The molecular formula is C14H6BrF6N3. The fourth-order valence-electron chi connectivity index (χ4n) is 2.11. The molecule has 3 rings (SSSR count). The molecule has 0 spiro atoms. The van der Waals surface area contributed by atoms with Crippen LogP contribution in [0, 0.1) is 0 Å². The summed E-state index contributed by atoms with van der Waals surface area (Å²) in [5.41, 5.74) is -1.83. The quantitative estimate of drug-likeness (QED) is 0.517. The molecule has 0 aliphatic heterocycles. The summed E-state index contributed by atoms with van der Waals surface area (Å²) in [4.78, 5) is 7.55. The number of fused-ring (bicyclic) bond motifs is 1. The molecule has 10 heteroatoms. The number of halogens is 7. The van der Waals surface area contributed by atoms with Gasteiger partial charge >= 0.3 is 12.4 Å². The zero-order chi connectivity index (χ0) is 17.7. The second-order valence-corrected chi connectivity index (χ2v) is 5.65. The van der Waals surface area contributed by atoms with Crippen LogP contribution in [0.25, 0.3) is 16.9 Å². The van der Waals surface area contributed by atoms with E-state index in [0.29, 0.717) is 0 Å². The first kappa shape index (κ1) is 16.7. The molecule has 126 valence electrons. The van der Waals surface area contributed by atoms with Gasteiger partial charge < -0.3 is 4.40 Å². The SMILES string of the molecule is FC(F)(F)c1ccc(-c2nc(Br)cn3cc(C(F)(F)F)nc23)cc1. The van der Waals surface area contributed by atoms with Gasteiger partial charge in [-0.3, -0.25) is 0 Å². The number of hydrogen-bond donors (Lipinski definition) is 0. The maximum atomic E-state index is 12.8. The van der Waals surface area contributed by atoms with Crippen molar-refractivity contribution in [3.63, 3.8) is 0 Å². The molecule has 1 aromatic carbocycles. The van der Waals surface area contributed by atoms with Crippen LogP contribution in [0.5, 0.6) is 0 Å². The monoisotopic (exact) mass is 409 g/mol. The number of nitrogens with zero attached hydrogens (tertiary/aromatic N) is 3. The maximum absolute atomic E-state index is 12.8. The first-order valence-electron chi connectivity index (χ1n) is 6.36. The van der Waals surface area contributed by atoms with Gasteiger partial charge in [0.2, 0.25) is 0 Å². The van der Waals surface area contributed by atoms with Gasteiger partial charge in [-0.25, -0.2) is 9.97 Å². The van der Waals surface area contributed by atoms with Crippen molar-refractivity contribution in [2.24, 2.45) is 0 Å². The van der Waals surface area contributed by atoms with Crippen LogP contribution in [0.15, 0.2) is 41.3 Å². The standard InChI is InChI=1S/C14H6BrF6N3/c15-10-6-24-5-9(14(19,20)21)22-12(24)11(23-10)7-1-3-8(4-2-7)13(16,17)18/h1-6H. The predicted molar refractivity (Wildman–Crippen MR) is 76.1 cm³/mol. The van der Waals surface area contributed by atoms with E-state index in [9.17, 15) is 26.3 Å². The minimum Gasteiger partial charge on any atom is -0.302 e. The maximum Gasteiger partial charge on any atom is 0.434 e. The second kappa shape index (κ2) is 5.47. The van der Waals surface area contributed by atoms with Gasteiger partial charge in [0.1, 0.15) is 10.3 Å². The molecule has 3 nitrogen and oxygen atoms in total. The van der Waals surface area contributed by atoms with E-state index < -0.39 is 23.6 Å². The zero-order valence-electron chi connectivity index (χ0n) is 11.5. The normalized spacial score (nSPS) is 12.8. The second-order valence-electron chi connectivity index (χ2n) is 4.84. The molecule has 0 radical (unpaired) electrons. The molecule has 0 saturated carbocycles. The number of hydrogen-bond acceptors (Lipinski definition) is 2. The minimum atomic E-state index is -4.64. The molecular weight excluding hydrogens is 404 g/mol. The Bertz CT molecular complexity index is 896. The van der Waals surface area contributed by atoms with Crippen LogP contribution in [0.4, 0.5) is 26.3 Å². The third kappa shape index (κ3) is 3.10. The highest BCUT2D eigenvalue weighted by Gasteiger charge is 2.34. The number of alkyl halides is 6. The highest BCUT2D eigenvalue weighted by molar-refractivity contribution is 9.10. The number of benzene rings is 1. The van der Waals surface area contributed by atoms with Crippen molar-refractivity contribution in [2.45, 2.75) is 12.4 Å². The molecule has 0 N–H and O–H groups in total. The van der Waals surface area contributed by atoms with E-state index in [1.807, 2.05) is 0 Å². The summed E-state index contributed by atoms with van der Waals surface area (Å²) in [6.45, 7) is 0. The van der Waals surface area contributed by atoms with Gasteiger partial charge in [-0.1, -0.05) is 12.1 Å². The van der Waals surface area contributed by atoms with Crippen molar-refractivity contribution in [2.75, 3.05) is 0 Å². The average Bonchev–Trinajstić information content (AvgIpc) is 2.89. The van der Waals surface area contributed by atoms with E-state index in [2.05, 4.69) is 25.9 Å². The Balaban J connectivity index is 2.17. The Kier molecular flexibility index (Phi) is 3.82. The van der Waals surface area contributed by atoms with Gasteiger partial charge in [0.25, 0.3) is 0 Å². The summed E-state index contributed by atoms with van der Waals surface area (Å²) in [7, 11) is 0. The molecule has 0 saturated heterocycles. The van der Waals surface area contributed by atoms with Crippen molar-refractivity contribution >= 4 is 21.6 Å². The summed E-state index contributed by atoms with van der Waals surface area (Å²) in [6.07, 6.45) is -7.08. The van der Waals surface area contributed by atoms with Crippen LogP contribution in [-0.4, -0.2) is 14.4 Å². The third-order valence-electron chi connectivity index (χ3n) is 3.18. The molecule has 24 heavy (non-hydrogen) atoms. The lowest BCUT2D eigenvalue weighted by Gasteiger charge is -2.08. The van der Waals surface area contributed by atoms with Gasteiger partial charge in [0, 0.05) is 18.0 Å². The van der Waals surface area contributed by atoms with Crippen LogP contribution in [0.3, 0.4) is 0 Å². The molecule has 0 aliphatic carbocycles. The Labute approximate surface area is 139 Å². The zero-order valence-corrected chi connectivity index (χ0v) is 13.0. The van der Waals surface area contributed by atoms with Crippen molar-refractivity contribution in [3.8, 4) is 11.3 Å². The van der Waals surface area contributed by atoms with Crippen molar-refractivity contribution in [1.29, 1.82) is 0 Å². The summed E-state index contributed by atoms with van der Waals surface area (Å²) < 4.78 is 77.6. The topological polar surface area (TPSA) is 30.2 Å². The highest BCUT2D eigenvalue weighted by atomic mass is 79.9. The lowest BCUT2D eigenvalue weighted by molar-refractivity contribution is -0.141. The van der Waals surface area contributed by atoms with Gasteiger partial charge in [0.15, 0.2) is 11.3 Å². The van der Waals surface area contributed by atoms with Crippen LogP contribution in [0.1, 0.15) is 11.3 Å². The van der Waals surface area contributed by atoms with E-state index in [-0.39, 0.29) is 21.5 Å². The smallest absolute Gasteiger partial charge is 0.302 e. The van der Waals surface area contributed by atoms with Crippen molar-refractivity contribution in [3.05, 3.63) is 52.5 Å². The summed E-state index contributed by atoms with van der Waals surface area (Å²) in [5, 5.41) is 0. The molecule has 0 bridgehead atoms. The van der Waals surface area contributed by atoms with E-state index in [1.54, 1.807) is 0 Å². The Morgan fingerprint density at radius 3 is 2.00 bits per heavy atom. The van der Waals surface area contributed by atoms with Crippen LogP contribution >= 0.6 is 15.9 Å². The average molecular weight is 410 g/mol. The molecule has 2 aromatic heterocycles. The van der Waals surface area contributed by atoms with E-state index in [1.165, 1.54) is 6.20 Å². The molecule has 0 fully saturated rings. The number of imidazole rings is 1. The van der Waals surface area contributed by atoms with Crippen LogP contribution in [-0.2, 0) is 12.4 Å². The van der Waals surface area contributed by atoms with Crippen LogP contribution in [0.2, 0.25) is 0 Å². The number of aromatic nitrogens is 3. The van der Waals surface area contributed by atoms with Gasteiger partial charge in [-0.15, -0.1) is 0 Å². The Morgan fingerprint density at radius 1 is 0.833 bits per heavy atom. The Morgan fingerprint density at radius 2 is 1.46 bits per heavy atom. The fraction of sp³-hybridized carbons (Fsp3) is 0.143. The number of rotatable bonds is 1. The van der Waals surface area contributed by atoms with Crippen molar-refractivity contribution in [1.82, 2.24) is 14.4 Å². The highest BCUT2D eigenvalue weighted by Crippen LogP contribution is 2.33. The molecule has 0 unspecified atom stereocenters. The molecule has 0 aliphatic rings. The first-order chi connectivity index (χ1) is 11.1.